The van der Waals surface area contributed by atoms with Crippen molar-refractivity contribution in [2.45, 2.75) is 25.2 Å². The van der Waals surface area contributed by atoms with Crippen LogP contribution in [0.3, 0.4) is 0 Å². The zero-order chi connectivity index (χ0) is 22.9. The minimum atomic E-state index is -4.09. The summed E-state index contributed by atoms with van der Waals surface area (Å²) in [5.41, 5.74) is 1.23. The van der Waals surface area contributed by atoms with E-state index >= 15 is 0 Å². The van der Waals surface area contributed by atoms with E-state index in [1.165, 1.54) is 30.3 Å². The lowest BCUT2D eigenvalue weighted by Crippen LogP contribution is -2.34. The van der Waals surface area contributed by atoms with Crippen molar-refractivity contribution in [2.75, 3.05) is 31.7 Å². The van der Waals surface area contributed by atoms with Gasteiger partial charge in [0.15, 0.2) is 0 Å². The maximum absolute atomic E-state index is 12.4. The first-order valence-electron chi connectivity index (χ1n) is 9.65. The summed E-state index contributed by atoms with van der Waals surface area (Å²) in [6, 6.07) is 9.49. The van der Waals surface area contributed by atoms with Crippen LogP contribution < -0.4 is 10.0 Å². The van der Waals surface area contributed by atoms with Crippen molar-refractivity contribution in [3.8, 4) is 0 Å². The number of carboxylic acid groups (broad SMARTS) is 1. The van der Waals surface area contributed by atoms with E-state index in [1.807, 2.05) is 11.6 Å². The van der Waals surface area contributed by atoms with E-state index in [0.29, 0.717) is 25.4 Å². The fraction of sp³-hybridized carbons (Fsp3) is 0.333. The summed E-state index contributed by atoms with van der Waals surface area (Å²) < 4.78 is 37.4. The molecule has 0 atom stereocenters. The minimum absolute atomic E-state index is 0.00671. The highest BCUT2D eigenvalue weighted by molar-refractivity contribution is 7.90. The summed E-state index contributed by atoms with van der Waals surface area (Å²) >= 11 is 0. The molecule has 2 rings (SSSR count). The van der Waals surface area contributed by atoms with Gasteiger partial charge in [0.25, 0.3) is 10.0 Å². The SMILES string of the molecule is CCOCCOCCc1c(NC(=O)NS(=O)(=O)c2cccc(C)c2)cccc1C(=O)O. The van der Waals surface area contributed by atoms with E-state index in [9.17, 15) is 23.1 Å². The molecule has 2 aromatic rings. The van der Waals surface area contributed by atoms with Gasteiger partial charge in [-0.15, -0.1) is 0 Å². The van der Waals surface area contributed by atoms with Gasteiger partial charge in [-0.3, -0.25) is 0 Å². The van der Waals surface area contributed by atoms with Gasteiger partial charge in [0, 0.05) is 12.3 Å². The first-order valence-corrected chi connectivity index (χ1v) is 11.1. The molecular weight excluding hydrogens is 424 g/mol. The van der Waals surface area contributed by atoms with Crippen LogP contribution in [0.25, 0.3) is 0 Å². The molecule has 2 amide bonds. The average molecular weight is 451 g/mol. The van der Waals surface area contributed by atoms with E-state index in [2.05, 4.69) is 5.32 Å². The molecule has 3 N–H and O–H groups in total. The Morgan fingerprint density at radius 1 is 1.03 bits per heavy atom. The first kappa shape index (κ1) is 24.3. The molecule has 0 radical (unpaired) electrons. The molecule has 31 heavy (non-hydrogen) atoms. The van der Waals surface area contributed by atoms with Crippen molar-refractivity contribution in [3.05, 3.63) is 59.2 Å². The third-order valence-corrected chi connectivity index (χ3v) is 5.58. The number of anilines is 1. The van der Waals surface area contributed by atoms with Gasteiger partial charge in [0.1, 0.15) is 0 Å². The predicted molar refractivity (Wildman–Crippen MR) is 115 cm³/mol. The Morgan fingerprint density at radius 2 is 1.74 bits per heavy atom. The molecular formula is C21H26N2O7S. The van der Waals surface area contributed by atoms with Gasteiger partial charge in [-0.25, -0.2) is 22.7 Å². The number of urea groups is 1. The van der Waals surface area contributed by atoms with Crippen LogP contribution in [0.1, 0.15) is 28.4 Å². The second-order valence-electron chi connectivity index (χ2n) is 6.57. The Kier molecular flexibility index (Phi) is 8.98. The second-order valence-corrected chi connectivity index (χ2v) is 8.25. The van der Waals surface area contributed by atoms with Crippen LogP contribution >= 0.6 is 0 Å². The Labute approximate surface area is 181 Å². The summed E-state index contributed by atoms with van der Waals surface area (Å²) in [5.74, 6) is -1.17. The number of rotatable bonds is 11. The summed E-state index contributed by atoms with van der Waals surface area (Å²) in [6.45, 7) is 5.14. The first-order chi connectivity index (χ1) is 14.7. The van der Waals surface area contributed by atoms with E-state index < -0.39 is 22.0 Å². The number of carboxylic acids is 1. The van der Waals surface area contributed by atoms with E-state index in [4.69, 9.17) is 9.47 Å². The van der Waals surface area contributed by atoms with Crippen LogP contribution in [-0.2, 0) is 25.9 Å². The van der Waals surface area contributed by atoms with E-state index in [0.717, 1.165) is 5.56 Å². The van der Waals surface area contributed by atoms with Crippen molar-refractivity contribution in [2.24, 2.45) is 0 Å². The fourth-order valence-electron chi connectivity index (χ4n) is 2.82. The molecule has 0 aliphatic heterocycles. The molecule has 0 saturated heterocycles. The van der Waals surface area contributed by atoms with E-state index in [-0.39, 0.29) is 29.2 Å². The van der Waals surface area contributed by atoms with Gasteiger partial charge < -0.3 is 19.9 Å². The third kappa shape index (κ3) is 7.35. The number of hydrogen-bond donors (Lipinski definition) is 3. The lowest BCUT2D eigenvalue weighted by atomic mass is 10.0. The van der Waals surface area contributed by atoms with Crippen molar-refractivity contribution < 1.29 is 32.6 Å². The van der Waals surface area contributed by atoms with Crippen LogP contribution in [0.2, 0.25) is 0 Å². The maximum atomic E-state index is 12.4. The van der Waals surface area contributed by atoms with Gasteiger partial charge in [0.05, 0.1) is 30.3 Å². The third-order valence-electron chi connectivity index (χ3n) is 4.25. The summed E-state index contributed by atoms with van der Waals surface area (Å²) in [4.78, 5) is 23.9. The largest absolute Gasteiger partial charge is 0.478 e. The normalized spacial score (nSPS) is 11.2. The number of carbonyl (C=O) groups excluding carboxylic acids is 1. The maximum Gasteiger partial charge on any atom is 0.336 e. The number of nitrogens with one attached hydrogen (secondary N) is 2. The molecule has 0 fully saturated rings. The standard InChI is InChI=1S/C21H26N2O7S/c1-3-29-12-13-30-11-10-17-18(20(24)25)8-5-9-19(17)22-21(26)23-31(27,28)16-7-4-6-15(2)14-16/h4-9,14H,3,10-13H2,1-2H3,(H,24,25)(H2,22,23,26). The Hall–Kier alpha value is -2.95. The molecule has 0 aromatic heterocycles. The number of aryl methyl sites for hydroxylation is 1. The minimum Gasteiger partial charge on any atom is -0.478 e. The highest BCUT2D eigenvalue weighted by atomic mass is 32.2. The van der Waals surface area contributed by atoms with Crippen LogP contribution in [0.4, 0.5) is 10.5 Å². The Balaban J connectivity index is 2.13. The molecule has 168 valence electrons. The summed E-state index contributed by atoms with van der Waals surface area (Å²) in [5, 5.41) is 11.9. The topological polar surface area (TPSA) is 131 Å². The number of hydrogen-bond acceptors (Lipinski definition) is 6. The predicted octanol–water partition coefficient (Wildman–Crippen LogP) is 2.80. The molecule has 0 heterocycles. The molecule has 9 nitrogen and oxygen atoms in total. The lowest BCUT2D eigenvalue weighted by molar-refractivity contribution is 0.0539. The number of ether oxygens (including phenoxy) is 2. The van der Waals surface area contributed by atoms with Gasteiger partial charge in [-0.2, -0.15) is 0 Å². The fourth-order valence-corrected chi connectivity index (χ4v) is 3.84. The van der Waals surface area contributed by atoms with Gasteiger partial charge in [0.2, 0.25) is 0 Å². The summed E-state index contributed by atoms with van der Waals surface area (Å²) in [7, 11) is -4.09. The Morgan fingerprint density at radius 3 is 2.42 bits per heavy atom. The van der Waals surface area contributed by atoms with Crippen molar-refractivity contribution in [1.29, 1.82) is 0 Å². The smallest absolute Gasteiger partial charge is 0.336 e. The quantitative estimate of drug-likeness (QED) is 0.449. The van der Waals surface area contributed by atoms with E-state index in [1.54, 1.807) is 19.1 Å². The van der Waals surface area contributed by atoms with Crippen LogP contribution in [0.15, 0.2) is 47.4 Å². The average Bonchev–Trinajstić information content (AvgIpc) is 2.70. The molecule has 0 spiro atoms. The molecule has 0 bridgehead atoms. The zero-order valence-corrected chi connectivity index (χ0v) is 18.2. The summed E-state index contributed by atoms with van der Waals surface area (Å²) in [6.07, 6.45) is 0.203. The molecule has 0 aliphatic carbocycles. The van der Waals surface area contributed by atoms with Crippen LogP contribution in [-0.4, -0.2) is 52.0 Å². The molecule has 2 aromatic carbocycles. The number of carbonyl (C=O) groups is 2. The Bertz CT molecular complexity index is 1020. The van der Waals surface area contributed by atoms with Gasteiger partial charge >= 0.3 is 12.0 Å². The molecule has 0 unspecified atom stereocenters. The van der Waals surface area contributed by atoms with Crippen LogP contribution in [0, 0.1) is 6.92 Å². The monoisotopic (exact) mass is 450 g/mol. The number of amides is 2. The molecule has 0 aliphatic rings. The van der Waals surface area contributed by atoms with Crippen molar-refractivity contribution >= 4 is 27.7 Å². The second kappa shape index (κ2) is 11.4. The van der Waals surface area contributed by atoms with Crippen molar-refractivity contribution in [3.63, 3.8) is 0 Å². The zero-order valence-electron chi connectivity index (χ0n) is 17.4. The highest BCUT2D eigenvalue weighted by Crippen LogP contribution is 2.21. The van der Waals surface area contributed by atoms with Crippen LogP contribution in [0.5, 0.6) is 0 Å². The molecule has 0 saturated carbocycles. The molecule has 10 heteroatoms. The number of aromatic carboxylic acids is 1. The number of sulfonamides is 1. The van der Waals surface area contributed by atoms with Gasteiger partial charge in [-0.1, -0.05) is 18.2 Å². The van der Waals surface area contributed by atoms with Crippen molar-refractivity contribution in [1.82, 2.24) is 4.72 Å². The highest BCUT2D eigenvalue weighted by Gasteiger charge is 2.20. The lowest BCUT2D eigenvalue weighted by Gasteiger charge is -2.15. The van der Waals surface area contributed by atoms with Gasteiger partial charge in [-0.05, 0) is 55.7 Å². The number of benzene rings is 2.